The average molecular weight is 199 g/mol. The highest BCUT2D eigenvalue weighted by Gasteiger charge is 2.12. The Kier molecular flexibility index (Phi) is 3.39. The summed E-state index contributed by atoms with van der Waals surface area (Å²) in [5, 5.41) is 3.52. The van der Waals surface area contributed by atoms with Gasteiger partial charge in [0.15, 0.2) is 0 Å². The van der Waals surface area contributed by atoms with E-state index < -0.39 is 6.04 Å². The molecule has 0 fully saturated rings. The number of nitrogens with zero attached hydrogens (tertiary/aromatic N) is 1. The number of nitrogens with one attached hydrogen (secondary N) is 1. The van der Waals surface area contributed by atoms with Crippen molar-refractivity contribution >= 4 is 22.2 Å². The molecule has 1 unspecified atom stereocenters. The van der Waals surface area contributed by atoms with E-state index in [9.17, 15) is 4.79 Å². The molecule has 1 aromatic rings. The van der Waals surface area contributed by atoms with Gasteiger partial charge in [-0.05, 0) is 13.3 Å². The van der Waals surface area contributed by atoms with Crippen LogP contribution in [-0.2, 0) is 4.79 Å². The SMILES string of the molecule is CCC(N)C(=O)Nc1scnc1C. The van der Waals surface area contributed by atoms with Crippen molar-refractivity contribution in [3.63, 3.8) is 0 Å². The van der Waals surface area contributed by atoms with Crippen LogP contribution in [0, 0.1) is 6.92 Å². The van der Waals surface area contributed by atoms with Crippen LogP contribution in [0.1, 0.15) is 19.0 Å². The number of carbonyl (C=O) groups is 1. The summed E-state index contributed by atoms with van der Waals surface area (Å²) in [6.07, 6.45) is 0.643. The smallest absolute Gasteiger partial charge is 0.241 e. The van der Waals surface area contributed by atoms with E-state index in [1.807, 2.05) is 13.8 Å². The maximum Gasteiger partial charge on any atom is 0.241 e. The number of aromatic nitrogens is 1. The Bertz CT molecular complexity index is 297. The second-order valence-corrected chi connectivity index (χ2v) is 3.63. The molecular weight excluding hydrogens is 186 g/mol. The molecule has 1 aromatic heterocycles. The zero-order valence-corrected chi connectivity index (χ0v) is 8.52. The van der Waals surface area contributed by atoms with Crippen molar-refractivity contribution < 1.29 is 4.79 Å². The fraction of sp³-hybridized carbons (Fsp3) is 0.500. The van der Waals surface area contributed by atoms with E-state index >= 15 is 0 Å². The summed E-state index contributed by atoms with van der Waals surface area (Å²) < 4.78 is 0. The molecule has 0 saturated carbocycles. The van der Waals surface area contributed by atoms with Gasteiger partial charge >= 0.3 is 0 Å². The van der Waals surface area contributed by atoms with Crippen LogP contribution in [0.2, 0.25) is 0 Å². The number of anilines is 1. The lowest BCUT2D eigenvalue weighted by Gasteiger charge is -2.08. The quantitative estimate of drug-likeness (QED) is 0.766. The van der Waals surface area contributed by atoms with Gasteiger partial charge in [0.1, 0.15) is 5.00 Å². The molecule has 72 valence electrons. The van der Waals surface area contributed by atoms with Crippen LogP contribution < -0.4 is 11.1 Å². The van der Waals surface area contributed by atoms with Gasteiger partial charge in [-0.2, -0.15) is 0 Å². The maximum absolute atomic E-state index is 11.3. The summed E-state index contributed by atoms with van der Waals surface area (Å²) >= 11 is 1.41. The van der Waals surface area contributed by atoms with E-state index in [1.54, 1.807) is 5.51 Å². The Morgan fingerprint density at radius 3 is 3.00 bits per heavy atom. The van der Waals surface area contributed by atoms with Gasteiger partial charge < -0.3 is 11.1 Å². The van der Waals surface area contributed by atoms with E-state index in [4.69, 9.17) is 5.73 Å². The first-order chi connectivity index (χ1) is 6.15. The molecule has 5 heteroatoms. The molecule has 1 heterocycles. The lowest BCUT2D eigenvalue weighted by molar-refractivity contribution is -0.117. The minimum Gasteiger partial charge on any atom is -0.320 e. The minimum absolute atomic E-state index is 0.144. The van der Waals surface area contributed by atoms with Crippen LogP contribution in [0.5, 0.6) is 0 Å². The normalized spacial score (nSPS) is 12.5. The molecule has 0 aliphatic heterocycles. The number of carbonyl (C=O) groups excluding carboxylic acids is 1. The number of thiazole rings is 1. The first-order valence-corrected chi connectivity index (χ1v) is 4.99. The van der Waals surface area contributed by atoms with Gasteiger partial charge in [-0.3, -0.25) is 4.79 Å². The van der Waals surface area contributed by atoms with Crippen molar-refractivity contribution in [2.45, 2.75) is 26.3 Å². The van der Waals surface area contributed by atoms with E-state index in [0.717, 1.165) is 10.7 Å². The number of rotatable bonds is 3. The molecule has 0 bridgehead atoms. The first kappa shape index (κ1) is 10.1. The van der Waals surface area contributed by atoms with Crippen LogP contribution in [0.15, 0.2) is 5.51 Å². The molecular formula is C8H13N3OS. The second kappa shape index (κ2) is 4.34. The molecule has 13 heavy (non-hydrogen) atoms. The van der Waals surface area contributed by atoms with Crippen LogP contribution in [0.4, 0.5) is 5.00 Å². The third kappa shape index (κ3) is 2.50. The molecule has 0 spiro atoms. The zero-order valence-electron chi connectivity index (χ0n) is 7.70. The molecule has 0 aliphatic rings. The zero-order chi connectivity index (χ0) is 9.84. The minimum atomic E-state index is -0.429. The highest BCUT2D eigenvalue weighted by Crippen LogP contribution is 2.18. The summed E-state index contributed by atoms with van der Waals surface area (Å²) in [5.74, 6) is -0.144. The first-order valence-electron chi connectivity index (χ1n) is 4.11. The third-order valence-electron chi connectivity index (χ3n) is 1.76. The second-order valence-electron chi connectivity index (χ2n) is 2.77. The topological polar surface area (TPSA) is 68.0 Å². The van der Waals surface area contributed by atoms with Crippen molar-refractivity contribution in [2.24, 2.45) is 5.73 Å². The van der Waals surface area contributed by atoms with Crippen molar-refractivity contribution in [3.05, 3.63) is 11.2 Å². The Morgan fingerprint density at radius 2 is 2.54 bits per heavy atom. The van der Waals surface area contributed by atoms with E-state index in [0.29, 0.717) is 6.42 Å². The summed E-state index contributed by atoms with van der Waals surface area (Å²) in [6, 6.07) is -0.429. The Balaban J connectivity index is 2.60. The van der Waals surface area contributed by atoms with Gasteiger partial charge in [-0.15, -0.1) is 11.3 Å². The lowest BCUT2D eigenvalue weighted by atomic mass is 10.2. The standard InChI is InChI=1S/C8H13N3OS/c1-3-6(9)7(12)11-8-5(2)10-4-13-8/h4,6H,3,9H2,1-2H3,(H,11,12). The summed E-state index contributed by atoms with van der Waals surface area (Å²) in [7, 11) is 0. The summed E-state index contributed by atoms with van der Waals surface area (Å²) in [6.45, 7) is 3.73. The largest absolute Gasteiger partial charge is 0.320 e. The number of hydrogen-bond acceptors (Lipinski definition) is 4. The van der Waals surface area contributed by atoms with Gasteiger partial charge in [-0.25, -0.2) is 4.98 Å². The lowest BCUT2D eigenvalue weighted by Crippen LogP contribution is -2.34. The molecule has 1 amide bonds. The van der Waals surface area contributed by atoms with E-state index in [2.05, 4.69) is 10.3 Å². The average Bonchev–Trinajstić information content (AvgIpc) is 2.50. The van der Waals surface area contributed by atoms with E-state index in [-0.39, 0.29) is 5.91 Å². The molecule has 0 radical (unpaired) electrons. The van der Waals surface area contributed by atoms with Gasteiger partial charge in [0.05, 0.1) is 17.2 Å². The molecule has 1 atom stereocenters. The Hall–Kier alpha value is -0.940. The molecule has 1 rings (SSSR count). The van der Waals surface area contributed by atoms with Gasteiger partial charge in [0.25, 0.3) is 0 Å². The molecule has 0 aliphatic carbocycles. The van der Waals surface area contributed by atoms with Crippen molar-refractivity contribution in [1.29, 1.82) is 0 Å². The monoisotopic (exact) mass is 199 g/mol. The fourth-order valence-electron chi connectivity index (χ4n) is 0.812. The third-order valence-corrected chi connectivity index (χ3v) is 2.60. The summed E-state index contributed by atoms with van der Waals surface area (Å²) in [5.41, 5.74) is 8.09. The van der Waals surface area contributed by atoms with Gasteiger partial charge in [0, 0.05) is 0 Å². The van der Waals surface area contributed by atoms with Crippen molar-refractivity contribution in [2.75, 3.05) is 5.32 Å². The predicted octanol–water partition coefficient (Wildman–Crippen LogP) is 1.13. The fourth-order valence-corrected chi connectivity index (χ4v) is 1.51. The van der Waals surface area contributed by atoms with Crippen molar-refractivity contribution in [3.8, 4) is 0 Å². The summed E-state index contributed by atoms with van der Waals surface area (Å²) in [4.78, 5) is 15.4. The number of hydrogen-bond donors (Lipinski definition) is 2. The van der Waals surface area contributed by atoms with Crippen LogP contribution in [-0.4, -0.2) is 16.9 Å². The molecule has 0 aromatic carbocycles. The van der Waals surface area contributed by atoms with Gasteiger partial charge in [0.2, 0.25) is 5.91 Å². The number of amides is 1. The highest BCUT2D eigenvalue weighted by atomic mass is 32.1. The predicted molar refractivity (Wildman–Crippen MR) is 53.7 cm³/mol. The Labute approximate surface area is 81.2 Å². The molecule has 4 nitrogen and oxygen atoms in total. The van der Waals surface area contributed by atoms with E-state index in [1.165, 1.54) is 11.3 Å². The van der Waals surface area contributed by atoms with Crippen LogP contribution in [0.25, 0.3) is 0 Å². The van der Waals surface area contributed by atoms with Crippen molar-refractivity contribution in [1.82, 2.24) is 4.98 Å². The number of nitrogens with two attached hydrogens (primary N) is 1. The number of aryl methyl sites for hydroxylation is 1. The van der Waals surface area contributed by atoms with Gasteiger partial charge in [-0.1, -0.05) is 6.92 Å². The molecule has 0 saturated heterocycles. The maximum atomic E-state index is 11.3. The van der Waals surface area contributed by atoms with Crippen LogP contribution in [0.3, 0.4) is 0 Å². The highest BCUT2D eigenvalue weighted by molar-refractivity contribution is 7.14. The Morgan fingerprint density at radius 1 is 1.85 bits per heavy atom. The molecule has 3 N–H and O–H groups in total. The van der Waals surface area contributed by atoms with Crippen LogP contribution >= 0.6 is 11.3 Å².